The number of carbonyl (C=O) groups is 1. The van der Waals surface area contributed by atoms with Crippen molar-refractivity contribution in [2.75, 3.05) is 0 Å². The topological polar surface area (TPSA) is 57.5 Å². The summed E-state index contributed by atoms with van der Waals surface area (Å²) >= 11 is 0. The third-order valence-electron chi connectivity index (χ3n) is 2.10. The Bertz CT molecular complexity index is 334. The van der Waals surface area contributed by atoms with Crippen LogP contribution in [0.3, 0.4) is 0 Å². The van der Waals surface area contributed by atoms with Crippen molar-refractivity contribution in [1.82, 2.24) is 0 Å². The Morgan fingerprint density at radius 2 is 1.77 bits per heavy atom. The summed E-state index contributed by atoms with van der Waals surface area (Å²) in [4.78, 5) is 10.6. The molecule has 68 valence electrons. The molecule has 0 aliphatic rings. The van der Waals surface area contributed by atoms with Crippen molar-refractivity contribution < 1.29 is 14.8 Å². The molecule has 0 bridgehead atoms. The van der Waals surface area contributed by atoms with E-state index in [1.807, 2.05) is 13.8 Å². The summed E-state index contributed by atoms with van der Waals surface area (Å²) in [5, 5.41) is 17.9. The summed E-state index contributed by atoms with van der Waals surface area (Å²) in [6, 6.07) is 3.26. The van der Waals surface area contributed by atoms with Crippen LogP contribution in [0.15, 0.2) is 12.1 Å². The van der Waals surface area contributed by atoms with Crippen LogP contribution in [0.2, 0.25) is 0 Å². The molecule has 0 aliphatic carbocycles. The maximum atomic E-state index is 10.6. The molecule has 1 aromatic carbocycles. The number of hydrogen-bond acceptors (Lipinski definition) is 3. The Hall–Kier alpha value is -1.13. The van der Waals surface area contributed by atoms with Gasteiger partial charge < -0.3 is 10.0 Å². The fourth-order valence-corrected chi connectivity index (χ4v) is 1.19. The molecule has 3 nitrogen and oxygen atoms in total. The lowest BCUT2D eigenvalue weighted by molar-refractivity contribution is 0.112. The molecular weight excluding hydrogens is 167 g/mol. The van der Waals surface area contributed by atoms with Gasteiger partial charge in [0.15, 0.2) is 0 Å². The minimum atomic E-state index is -1.58. The molecule has 0 spiro atoms. The molecule has 0 saturated carbocycles. The highest BCUT2D eigenvalue weighted by Gasteiger charge is 2.16. The zero-order valence-electron chi connectivity index (χ0n) is 7.61. The molecule has 0 atom stereocenters. The Morgan fingerprint density at radius 3 is 2.23 bits per heavy atom. The lowest BCUT2D eigenvalue weighted by Crippen LogP contribution is -2.33. The lowest BCUT2D eigenvalue weighted by Gasteiger charge is -2.07. The Labute approximate surface area is 77.2 Å². The van der Waals surface area contributed by atoms with Gasteiger partial charge in [0.1, 0.15) is 6.29 Å². The number of benzene rings is 1. The third-order valence-corrected chi connectivity index (χ3v) is 2.10. The van der Waals surface area contributed by atoms with E-state index >= 15 is 0 Å². The average molecular weight is 178 g/mol. The van der Waals surface area contributed by atoms with Crippen LogP contribution in [0, 0.1) is 13.8 Å². The van der Waals surface area contributed by atoms with Gasteiger partial charge in [-0.2, -0.15) is 0 Å². The normalized spacial score (nSPS) is 9.85. The quantitative estimate of drug-likeness (QED) is 0.486. The molecule has 0 unspecified atom stereocenters. The molecule has 1 aromatic rings. The molecular formula is C9H11BO3. The van der Waals surface area contributed by atoms with Crippen LogP contribution >= 0.6 is 0 Å². The first-order valence-electron chi connectivity index (χ1n) is 3.98. The molecule has 1 rings (SSSR count). The van der Waals surface area contributed by atoms with Gasteiger partial charge in [-0.15, -0.1) is 0 Å². The summed E-state index contributed by atoms with van der Waals surface area (Å²) in [6.07, 6.45) is 0.626. The van der Waals surface area contributed by atoms with Crippen molar-refractivity contribution >= 4 is 18.9 Å². The van der Waals surface area contributed by atoms with Crippen LogP contribution in [-0.2, 0) is 0 Å². The van der Waals surface area contributed by atoms with E-state index in [9.17, 15) is 4.79 Å². The van der Waals surface area contributed by atoms with Crippen molar-refractivity contribution in [3.63, 3.8) is 0 Å². The van der Waals surface area contributed by atoms with E-state index in [0.29, 0.717) is 11.8 Å². The Balaban J connectivity index is 3.32. The second-order valence-electron chi connectivity index (χ2n) is 3.06. The highest BCUT2D eigenvalue weighted by molar-refractivity contribution is 6.60. The molecule has 0 fully saturated rings. The second-order valence-corrected chi connectivity index (χ2v) is 3.06. The highest BCUT2D eigenvalue weighted by Crippen LogP contribution is 2.06. The number of carbonyl (C=O) groups excluding carboxylic acids is 1. The van der Waals surface area contributed by atoms with Crippen LogP contribution in [-0.4, -0.2) is 23.5 Å². The molecule has 0 aromatic heterocycles. The zero-order chi connectivity index (χ0) is 10.0. The average Bonchev–Trinajstić information content (AvgIpc) is 2.08. The van der Waals surface area contributed by atoms with E-state index in [-0.39, 0.29) is 5.46 Å². The summed E-state index contributed by atoms with van der Waals surface area (Å²) < 4.78 is 0. The highest BCUT2D eigenvalue weighted by atomic mass is 16.4. The van der Waals surface area contributed by atoms with Crippen molar-refractivity contribution in [2.45, 2.75) is 13.8 Å². The molecule has 0 saturated heterocycles. The van der Waals surface area contributed by atoms with E-state index in [4.69, 9.17) is 10.0 Å². The van der Waals surface area contributed by atoms with Gasteiger partial charge in [0.2, 0.25) is 0 Å². The van der Waals surface area contributed by atoms with Crippen LogP contribution in [0.4, 0.5) is 0 Å². The molecule has 0 heterocycles. The number of aryl methyl sites for hydroxylation is 2. The maximum Gasteiger partial charge on any atom is 0.489 e. The molecule has 13 heavy (non-hydrogen) atoms. The fraction of sp³-hybridized carbons (Fsp3) is 0.222. The van der Waals surface area contributed by atoms with Crippen LogP contribution in [0.1, 0.15) is 21.5 Å². The third kappa shape index (κ3) is 1.97. The first kappa shape index (κ1) is 9.96. The smallest absolute Gasteiger partial charge is 0.423 e. The predicted octanol–water partition coefficient (Wildman–Crippen LogP) is -0.204. The first-order valence-corrected chi connectivity index (χ1v) is 3.98. The molecule has 0 aliphatic heterocycles. The molecule has 2 N–H and O–H groups in total. The number of aldehydes is 1. The molecule has 4 heteroatoms. The summed E-state index contributed by atoms with van der Waals surface area (Å²) in [7, 11) is -1.58. The summed E-state index contributed by atoms with van der Waals surface area (Å²) in [5.74, 6) is 0. The monoisotopic (exact) mass is 178 g/mol. The van der Waals surface area contributed by atoms with Gasteiger partial charge in [0, 0.05) is 5.56 Å². The van der Waals surface area contributed by atoms with E-state index in [2.05, 4.69) is 0 Å². The number of rotatable bonds is 2. The minimum Gasteiger partial charge on any atom is -0.423 e. The van der Waals surface area contributed by atoms with Gasteiger partial charge in [-0.05, 0) is 36.5 Å². The van der Waals surface area contributed by atoms with E-state index in [1.165, 1.54) is 0 Å². The maximum absolute atomic E-state index is 10.6. The minimum absolute atomic E-state index is 0.262. The largest absolute Gasteiger partial charge is 0.489 e. The van der Waals surface area contributed by atoms with E-state index < -0.39 is 7.12 Å². The second kappa shape index (κ2) is 3.72. The van der Waals surface area contributed by atoms with Crippen LogP contribution in [0.5, 0.6) is 0 Å². The molecule has 0 amide bonds. The standard InChI is InChI=1S/C9H11BO3/c1-6-3-8(5-11)9(10(12)13)4-7(6)2/h3-5,12-13H,1-2H3. The van der Waals surface area contributed by atoms with Crippen LogP contribution < -0.4 is 5.46 Å². The number of hydrogen-bond donors (Lipinski definition) is 2. The van der Waals surface area contributed by atoms with Crippen molar-refractivity contribution in [3.05, 3.63) is 28.8 Å². The first-order chi connectivity index (χ1) is 6.06. The SMILES string of the molecule is Cc1cc(C=O)c(B(O)O)cc1C. The van der Waals surface area contributed by atoms with Gasteiger partial charge in [0.05, 0.1) is 0 Å². The van der Waals surface area contributed by atoms with Gasteiger partial charge in [-0.3, -0.25) is 4.79 Å². The van der Waals surface area contributed by atoms with Gasteiger partial charge in [-0.25, -0.2) is 0 Å². The van der Waals surface area contributed by atoms with Crippen molar-refractivity contribution in [2.24, 2.45) is 0 Å². The van der Waals surface area contributed by atoms with Gasteiger partial charge in [-0.1, -0.05) is 6.07 Å². The predicted molar refractivity (Wildman–Crippen MR) is 51.1 cm³/mol. The lowest BCUT2D eigenvalue weighted by atomic mass is 9.76. The van der Waals surface area contributed by atoms with Crippen LogP contribution in [0.25, 0.3) is 0 Å². The van der Waals surface area contributed by atoms with Crippen molar-refractivity contribution in [1.29, 1.82) is 0 Å². The summed E-state index contributed by atoms with van der Waals surface area (Å²) in [5.41, 5.74) is 2.50. The van der Waals surface area contributed by atoms with E-state index in [1.54, 1.807) is 12.1 Å². The summed E-state index contributed by atoms with van der Waals surface area (Å²) in [6.45, 7) is 3.73. The fourth-order valence-electron chi connectivity index (χ4n) is 1.19. The van der Waals surface area contributed by atoms with E-state index in [0.717, 1.165) is 11.1 Å². The van der Waals surface area contributed by atoms with Gasteiger partial charge in [0.25, 0.3) is 0 Å². The Kier molecular flexibility index (Phi) is 2.85. The zero-order valence-corrected chi connectivity index (χ0v) is 7.61. The van der Waals surface area contributed by atoms with Gasteiger partial charge >= 0.3 is 7.12 Å². The van der Waals surface area contributed by atoms with Crippen molar-refractivity contribution in [3.8, 4) is 0 Å². The Morgan fingerprint density at radius 1 is 1.23 bits per heavy atom. The molecule has 0 radical (unpaired) electrons.